The fourth-order valence-electron chi connectivity index (χ4n) is 2.53. The molecule has 6 nitrogen and oxygen atoms in total. The first-order valence-electron chi connectivity index (χ1n) is 7.11. The molecule has 6 heteroatoms. The number of urea groups is 1. The summed E-state index contributed by atoms with van der Waals surface area (Å²) in [5, 5.41) is 11.9. The molecule has 0 saturated carbocycles. The predicted molar refractivity (Wildman–Crippen MR) is 77.7 cm³/mol. The highest BCUT2D eigenvalue weighted by atomic mass is 16.4. The number of aliphatic carboxylic acids is 1. The van der Waals surface area contributed by atoms with Crippen LogP contribution in [0.2, 0.25) is 0 Å². The Kier molecular flexibility index (Phi) is 5.39. The number of carbonyl (C=O) groups is 2. The van der Waals surface area contributed by atoms with Crippen molar-refractivity contribution in [2.75, 3.05) is 26.7 Å². The van der Waals surface area contributed by atoms with Crippen LogP contribution in [0.3, 0.4) is 0 Å². The lowest BCUT2D eigenvalue weighted by Crippen LogP contribution is -2.55. The molecule has 0 aromatic rings. The average molecular weight is 285 g/mol. The van der Waals surface area contributed by atoms with Crippen molar-refractivity contribution in [1.29, 1.82) is 0 Å². The fourth-order valence-corrected chi connectivity index (χ4v) is 2.53. The lowest BCUT2D eigenvalue weighted by atomic mass is 9.87. The van der Waals surface area contributed by atoms with Crippen LogP contribution in [0, 0.1) is 5.41 Å². The van der Waals surface area contributed by atoms with Crippen LogP contribution < -0.4 is 5.32 Å². The van der Waals surface area contributed by atoms with Gasteiger partial charge in [0.1, 0.15) is 6.04 Å². The Labute approximate surface area is 121 Å². The second-order valence-corrected chi connectivity index (χ2v) is 6.74. The van der Waals surface area contributed by atoms with Gasteiger partial charge in [-0.25, -0.2) is 9.59 Å². The summed E-state index contributed by atoms with van der Waals surface area (Å²) < 4.78 is 0. The van der Waals surface area contributed by atoms with Crippen LogP contribution in [0.25, 0.3) is 0 Å². The predicted octanol–water partition coefficient (Wildman–Crippen LogP) is 1.22. The van der Waals surface area contributed by atoms with E-state index < -0.39 is 17.4 Å². The Morgan fingerprint density at radius 3 is 2.40 bits per heavy atom. The Morgan fingerprint density at radius 1 is 1.30 bits per heavy atom. The summed E-state index contributed by atoms with van der Waals surface area (Å²) in [7, 11) is 2.03. The van der Waals surface area contributed by atoms with E-state index in [0.29, 0.717) is 6.54 Å². The molecule has 2 amide bonds. The SMILES string of the molecule is CC1CN(C)CCCN1C(=O)N[C@@H](C(=O)O)C(C)(C)C. The zero-order valence-electron chi connectivity index (χ0n) is 13.1. The molecule has 1 saturated heterocycles. The third-order valence-corrected chi connectivity index (χ3v) is 3.69. The van der Waals surface area contributed by atoms with Gasteiger partial charge in [0.25, 0.3) is 0 Å². The number of carboxylic acid groups (broad SMARTS) is 1. The van der Waals surface area contributed by atoms with Crippen molar-refractivity contribution in [3.8, 4) is 0 Å². The lowest BCUT2D eigenvalue weighted by molar-refractivity contribution is -0.142. The topological polar surface area (TPSA) is 72.9 Å². The molecule has 0 spiro atoms. The van der Waals surface area contributed by atoms with Crippen LogP contribution >= 0.6 is 0 Å². The van der Waals surface area contributed by atoms with Crippen LogP contribution in [0.4, 0.5) is 4.79 Å². The van der Waals surface area contributed by atoms with E-state index >= 15 is 0 Å². The highest BCUT2D eigenvalue weighted by molar-refractivity contribution is 5.83. The van der Waals surface area contributed by atoms with E-state index in [2.05, 4.69) is 10.2 Å². The van der Waals surface area contributed by atoms with Gasteiger partial charge in [0.15, 0.2) is 0 Å². The maximum absolute atomic E-state index is 12.4. The van der Waals surface area contributed by atoms with Crippen molar-refractivity contribution in [2.45, 2.75) is 46.2 Å². The van der Waals surface area contributed by atoms with Gasteiger partial charge in [-0.15, -0.1) is 0 Å². The third kappa shape index (κ3) is 4.37. The smallest absolute Gasteiger partial charge is 0.326 e. The summed E-state index contributed by atoms with van der Waals surface area (Å²) >= 11 is 0. The maximum atomic E-state index is 12.4. The number of hydrogen-bond donors (Lipinski definition) is 2. The third-order valence-electron chi connectivity index (χ3n) is 3.69. The largest absolute Gasteiger partial charge is 0.480 e. The molecule has 1 heterocycles. The Bertz CT molecular complexity index is 365. The van der Waals surface area contributed by atoms with Crippen LogP contribution in [0.1, 0.15) is 34.1 Å². The number of hydrogen-bond acceptors (Lipinski definition) is 3. The monoisotopic (exact) mass is 285 g/mol. The van der Waals surface area contributed by atoms with Crippen molar-refractivity contribution >= 4 is 12.0 Å². The molecule has 0 bridgehead atoms. The van der Waals surface area contributed by atoms with Gasteiger partial charge in [-0.3, -0.25) is 0 Å². The van der Waals surface area contributed by atoms with Gasteiger partial charge in [-0.2, -0.15) is 0 Å². The highest BCUT2D eigenvalue weighted by Gasteiger charge is 2.35. The van der Waals surface area contributed by atoms with Crippen molar-refractivity contribution in [2.24, 2.45) is 5.41 Å². The minimum absolute atomic E-state index is 0.0805. The first-order chi connectivity index (χ1) is 9.12. The average Bonchev–Trinajstić information content (AvgIpc) is 2.44. The quantitative estimate of drug-likeness (QED) is 0.800. The molecule has 116 valence electrons. The van der Waals surface area contributed by atoms with Gasteiger partial charge in [0.2, 0.25) is 0 Å². The molecule has 1 unspecified atom stereocenters. The molecule has 20 heavy (non-hydrogen) atoms. The van der Waals surface area contributed by atoms with Gasteiger partial charge in [-0.1, -0.05) is 20.8 Å². The number of amides is 2. The Balaban J connectivity index is 2.75. The van der Waals surface area contributed by atoms with E-state index in [9.17, 15) is 14.7 Å². The molecule has 1 rings (SSSR count). The van der Waals surface area contributed by atoms with E-state index in [0.717, 1.165) is 19.5 Å². The molecule has 0 aromatic heterocycles. The molecule has 1 aliphatic rings. The minimum Gasteiger partial charge on any atom is -0.480 e. The molecule has 0 aromatic carbocycles. The van der Waals surface area contributed by atoms with Crippen molar-refractivity contribution < 1.29 is 14.7 Å². The number of carbonyl (C=O) groups excluding carboxylic acids is 1. The van der Waals surface area contributed by atoms with Gasteiger partial charge >= 0.3 is 12.0 Å². The number of rotatable bonds is 2. The van der Waals surface area contributed by atoms with Gasteiger partial charge in [0, 0.05) is 19.1 Å². The highest BCUT2D eigenvalue weighted by Crippen LogP contribution is 2.20. The van der Waals surface area contributed by atoms with Crippen LogP contribution in [-0.4, -0.2) is 65.7 Å². The summed E-state index contributed by atoms with van der Waals surface area (Å²) in [5.74, 6) is -0.995. The fraction of sp³-hybridized carbons (Fsp3) is 0.857. The van der Waals surface area contributed by atoms with Crippen molar-refractivity contribution in [3.05, 3.63) is 0 Å². The van der Waals surface area contributed by atoms with E-state index in [1.54, 1.807) is 4.90 Å². The lowest BCUT2D eigenvalue weighted by Gasteiger charge is -2.33. The van der Waals surface area contributed by atoms with Gasteiger partial charge in [-0.05, 0) is 32.4 Å². The van der Waals surface area contributed by atoms with Crippen LogP contribution in [-0.2, 0) is 4.79 Å². The maximum Gasteiger partial charge on any atom is 0.326 e. The van der Waals surface area contributed by atoms with E-state index in [1.807, 2.05) is 34.7 Å². The van der Waals surface area contributed by atoms with Crippen LogP contribution in [0.15, 0.2) is 0 Å². The molecule has 1 aliphatic heterocycles. The first-order valence-corrected chi connectivity index (χ1v) is 7.11. The molecular weight excluding hydrogens is 258 g/mol. The van der Waals surface area contributed by atoms with Crippen molar-refractivity contribution in [1.82, 2.24) is 15.1 Å². The first kappa shape index (κ1) is 16.8. The van der Waals surface area contributed by atoms with E-state index in [-0.39, 0.29) is 12.1 Å². The molecule has 2 N–H and O–H groups in total. The van der Waals surface area contributed by atoms with E-state index in [4.69, 9.17) is 0 Å². The minimum atomic E-state index is -0.995. The molecule has 0 radical (unpaired) electrons. The molecule has 1 fully saturated rings. The van der Waals surface area contributed by atoms with Crippen LogP contribution in [0.5, 0.6) is 0 Å². The normalized spacial score (nSPS) is 23.1. The molecule has 2 atom stereocenters. The van der Waals surface area contributed by atoms with Gasteiger partial charge < -0.3 is 20.2 Å². The second kappa shape index (κ2) is 6.43. The zero-order chi connectivity index (χ0) is 15.5. The summed E-state index contributed by atoms with van der Waals surface area (Å²) in [6.07, 6.45) is 0.904. The second-order valence-electron chi connectivity index (χ2n) is 6.74. The number of carboxylic acids is 1. The number of nitrogens with one attached hydrogen (secondary N) is 1. The number of likely N-dealkylation sites (N-methyl/N-ethyl adjacent to an activating group) is 1. The molecular formula is C14H27N3O3. The standard InChI is InChI=1S/C14H27N3O3/c1-10-9-16(5)7-6-8-17(10)13(20)15-11(12(18)19)14(2,3)4/h10-11H,6-9H2,1-5H3,(H,15,20)(H,18,19)/t10?,11-/m0/s1. The molecule has 0 aliphatic carbocycles. The van der Waals surface area contributed by atoms with E-state index in [1.165, 1.54) is 0 Å². The zero-order valence-corrected chi connectivity index (χ0v) is 13.1. The Hall–Kier alpha value is -1.30. The number of nitrogens with zero attached hydrogens (tertiary/aromatic N) is 2. The summed E-state index contributed by atoms with van der Waals surface area (Å²) in [5.41, 5.74) is -0.520. The summed E-state index contributed by atoms with van der Waals surface area (Å²) in [6, 6.07) is -1.09. The summed E-state index contributed by atoms with van der Waals surface area (Å²) in [4.78, 5) is 27.6. The summed E-state index contributed by atoms with van der Waals surface area (Å²) in [6.45, 7) is 9.85. The van der Waals surface area contributed by atoms with Gasteiger partial charge in [0.05, 0.1) is 0 Å². The Morgan fingerprint density at radius 2 is 1.90 bits per heavy atom. The van der Waals surface area contributed by atoms with Crippen molar-refractivity contribution in [3.63, 3.8) is 0 Å².